The van der Waals surface area contributed by atoms with Crippen LogP contribution in [0.5, 0.6) is 5.88 Å². The molecule has 0 bridgehead atoms. The number of nitrogens with zero attached hydrogens (tertiary/aromatic N) is 5. The van der Waals surface area contributed by atoms with Gasteiger partial charge in [0.05, 0.1) is 38.6 Å². The van der Waals surface area contributed by atoms with Gasteiger partial charge in [0.1, 0.15) is 35.3 Å². The van der Waals surface area contributed by atoms with Crippen LogP contribution in [0.15, 0.2) is 48.1 Å². The number of alkyl halides is 1. The number of aromatic nitrogens is 4. The Morgan fingerprint density at radius 2 is 2.17 bits per heavy atom. The zero-order chi connectivity index (χ0) is 21.3. The molecule has 0 fully saturated rings. The van der Waals surface area contributed by atoms with Gasteiger partial charge in [0.15, 0.2) is 0 Å². The number of benzene rings is 1. The highest BCUT2D eigenvalue weighted by Gasteiger charge is 2.39. The van der Waals surface area contributed by atoms with E-state index in [2.05, 4.69) is 25.3 Å². The Morgan fingerprint density at radius 1 is 1.33 bits per heavy atom. The Kier molecular flexibility index (Phi) is 4.86. The summed E-state index contributed by atoms with van der Waals surface area (Å²) in [6.45, 7) is -0.985. The van der Waals surface area contributed by atoms with Gasteiger partial charge < -0.3 is 20.4 Å². The quantitative estimate of drug-likeness (QED) is 0.656. The molecule has 11 heteroatoms. The standard InChI is InChI=1S/C19H17F2N7O2/c1-30-16-7-24-14(5-25-16)18(29)26-11-2-3-13(21)12(4-11)19(8-20)9-28-10-23-6-15(28)17(22)27-19/h2-7,10H,8-9H2,1H3,(H2,22,27)(H,26,29)/t19-/m0/s1. The number of imidazole rings is 1. The van der Waals surface area contributed by atoms with Crippen molar-refractivity contribution in [2.75, 3.05) is 19.1 Å². The van der Waals surface area contributed by atoms with Gasteiger partial charge in [-0.1, -0.05) is 0 Å². The first-order valence-electron chi connectivity index (χ1n) is 8.85. The van der Waals surface area contributed by atoms with Crippen LogP contribution in [0.3, 0.4) is 0 Å². The van der Waals surface area contributed by atoms with E-state index in [9.17, 15) is 13.6 Å². The average molecular weight is 413 g/mol. The summed E-state index contributed by atoms with van der Waals surface area (Å²) in [6.07, 6.45) is 5.52. The number of amides is 1. The normalized spacial score (nSPS) is 17.8. The third kappa shape index (κ3) is 3.34. The van der Waals surface area contributed by atoms with Crippen LogP contribution in [-0.4, -0.2) is 45.0 Å². The number of hydrogen-bond donors (Lipinski definition) is 2. The Hall–Kier alpha value is -3.89. The molecule has 1 aliphatic heterocycles. The minimum absolute atomic E-state index is 0.0117. The van der Waals surface area contributed by atoms with Gasteiger partial charge in [-0.2, -0.15) is 0 Å². The summed E-state index contributed by atoms with van der Waals surface area (Å²) in [5.74, 6) is -0.929. The molecule has 0 radical (unpaired) electrons. The molecule has 1 aromatic carbocycles. The van der Waals surface area contributed by atoms with Gasteiger partial charge in [-0.3, -0.25) is 9.79 Å². The third-order valence-corrected chi connectivity index (χ3v) is 4.76. The van der Waals surface area contributed by atoms with E-state index < -0.39 is 23.9 Å². The van der Waals surface area contributed by atoms with E-state index in [4.69, 9.17) is 10.5 Å². The molecule has 0 saturated heterocycles. The van der Waals surface area contributed by atoms with Gasteiger partial charge in [0.2, 0.25) is 5.88 Å². The van der Waals surface area contributed by atoms with Crippen molar-refractivity contribution in [3.05, 3.63) is 65.9 Å². The highest BCUT2D eigenvalue weighted by atomic mass is 19.1. The molecule has 3 aromatic rings. The molecule has 3 heterocycles. The van der Waals surface area contributed by atoms with E-state index >= 15 is 0 Å². The smallest absolute Gasteiger partial charge is 0.275 e. The van der Waals surface area contributed by atoms with Crippen molar-refractivity contribution in [1.29, 1.82) is 0 Å². The molecular formula is C19H17F2N7O2. The number of fused-ring (bicyclic) bond motifs is 1. The van der Waals surface area contributed by atoms with Crippen LogP contribution in [0.2, 0.25) is 0 Å². The second kappa shape index (κ2) is 7.50. The summed E-state index contributed by atoms with van der Waals surface area (Å²) in [5.41, 5.74) is 5.14. The Labute approximate surface area is 169 Å². The molecule has 2 aromatic heterocycles. The highest BCUT2D eigenvalue weighted by molar-refractivity contribution is 6.02. The number of hydrogen-bond acceptors (Lipinski definition) is 7. The van der Waals surface area contributed by atoms with Crippen molar-refractivity contribution < 1.29 is 18.3 Å². The predicted octanol–water partition coefficient (Wildman–Crippen LogP) is 1.66. The molecule has 3 N–H and O–H groups in total. The van der Waals surface area contributed by atoms with Crippen molar-refractivity contribution >= 4 is 17.4 Å². The summed E-state index contributed by atoms with van der Waals surface area (Å²) in [7, 11) is 1.43. The van der Waals surface area contributed by atoms with Gasteiger partial charge in [-0.05, 0) is 18.2 Å². The van der Waals surface area contributed by atoms with Crippen LogP contribution in [0, 0.1) is 5.82 Å². The second-order valence-electron chi connectivity index (χ2n) is 6.66. The first-order chi connectivity index (χ1) is 14.5. The van der Waals surface area contributed by atoms with Gasteiger partial charge >= 0.3 is 0 Å². The molecule has 4 rings (SSSR count). The van der Waals surface area contributed by atoms with Crippen LogP contribution >= 0.6 is 0 Å². The minimum Gasteiger partial charge on any atom is -0.480 e. The van der Waals surface area contributed by atoms with Crippen LogP contribution in [0.1, 0.15) is 21.7 Å². The zero-order valence-electron chi connectivity index (χ0n) is 15.8. The lowest BCUT2D eigenvalue weighted by Crippen LogP contribution is -2.41. The van der Waals surface area contributed by atoms with Crippen molar-refractivity contribution in [2.24, 2.45) is 10.7 Å². The molecule has 0 aliphatic carbocycles. The maximum atomic E-state index is 14.7. The van der Waals surface area contributed by atoms with Crippen LogP contribution < -0.4 is 15.8 Å². The summed E-state index contributed by atoms with van der Waals surface area (Å²) >= 11 is 0. The number of halogens is 2. The fourth-order valence-corrected chi connectivity index (χ4v) is 3.25. The highest BCUT2D eigenvalue weighted by Crippen LogP contribution is 2.35. The Balaban J connectivity index is 1.66. The van der Waals surface area contributed by atoms with Crippen molar-refractivity contribution in [2.45, 2.75) is 12.1 Å². The maximum Gasteiger partial charge on any atom is 0.275 e. The number of anilines is 1. The average Bonchev–Trinajstić information content (AvgIpc) is 3.24. The number of nitrogens with one attached hydrogen (secondary N) is 1. The molecule has 30 heavy (non-hydrogen) atoms. The van der Waals surface area contributed by atoms with Gasteiger partial charge in [-0.25, -0.2) is 23.7 Å². The topological polar surface area (TPSA) is 120 Å². The van der Waals surface area contributed by atoms with Crippen LogP contribution in [-0.2, 0) is 12.1 Å². The zero-order valence-corrected chi connectivity index (χ0v) is 15.8. The number of rotatable bonds is 5. The SMILES string of the molecule is COc1cnc(C(=O)Nc2ccc(F)c([C@]3(CF)Cn4cncc4C(N)=N3)c2)cn1. The fraction of sp³-hybridized carbons (Fsp3) is 0.211. The number of nitrogens with two attached hydrogens (primary N) is 1. The Morgan fingerprint density at radius 3 is 2.87 bits per heavy atom. The molecule has 0 unspecified atom stereocenters. The summed E-state index contributed by atoms with van der Waals surface area (Å²) < 4.78 is 35.4. The number of ether oxygens (including phenoxy) is 1. The van der Waals surface area contributed by atoms with E-state index in [1.165, 1.54) is 44.2 Å². The lowest BCUT2D eigenvalue weighted by Gasteiger charge is -2.33. The van der Waals surface area contributed by atoms with Crippen LogP contribution in [0.4, 0.5) is 14.5 Å². The second-order valence-corrected chi connectivity index (χ2v) is 6.66. The molecule has 0 saturated carbocycles. The van der Waals surface area contributed by atoms with Gasteiger partial charge in [0, 0.05) is 11.3 Å². The minimum atomic E-state index is -1.58. The fourth-order valence-electron chi connectivity index (χ4n) is 3.25. The first-order valence-corrected chi connectivity index (χ1v) is 8.85. The predicted molar refractivity (Wildman–Crippen MR) is 104 cm³/mol. The van der Waals surface area contributed by atoms with Crippen molar-refractivity contribution in [3.63, 3.8) is 0 Å². The third-order valence-electron chi connectivity index (χ3n) is 4.76. The first kappa shape index (κ1) is 19.4. The molecular weight excluding hydrogens is 396 g/mol. The monoisotopic (exact) mass is 413 g/mol. The summed E-state index contributed by atoms with van der Waals surface area (Å²) in [6, 6.07) is 3.83. The van der Waals surface area contributed by atoms with Gasteiger partial charge in [0.25, 0.3) is 5.91 Å². The largest absolute Gasteiger partial charge is 0.480 e. The maximum absolute atomic E-state index is 14.7. The van der Waals surface area contributed by atoms with E-state index in [1.807, 2.05) is 0 Å². The summed E-state index contributed by atoms with van der Waals surface area (Å²) in [5, 5.41) is 2.60. The van der Waals surface area contributed by atoms with Crippen LogP contribution in [0.25, 0.3) is 0 Å². The number of amidine groups is 1. The molecule has 0 spiro atoms. The molecule has 1 amide bonds. The number of aliphatic imine (C=N–C) groups is 1. The van der Waals surface area contributed by atoms with Gasteiger partial charge in [-0.15, -0.1) is 0 Å². The van der Waals surface area contributed by atoms with Crippen molar-refractivity contribution in [1.82, 2.24) is 19.5 Å². The number of carbonyl (C=O) groups is 1. The molecule has 154 valence electrons. The van der Waals surface area contributed by atoms with Crippen molar-refractivity contribution in [3.8, 4) is 5.88 Å². The van der Waals surface area contributed by atoms with E-state index in [1.54, 1.807) is 4.57 Å². The number of carbonyl (C=O) groups excluding carboxylic acids is 1. The molecule has 1 aliphatic rings. The van der Waals surface area contributed by atoms with E-state index in [0.29, 0.717) is 5.69 Å². The molecule has 9 nitrogen and oxygen atoms in total. The molecule has 1 atom stereocenters. The number of methoxy groups -OCH3 is 1. The summed E-state index contributed by atoms with van der Waals surface area (Å²) in [4.78, 5) is 28.5. The lowest BCUT2D eigenvalue weighted by atomic mass is 9.89. The van der Waals surface area contributed by atoms with E-state index in [-0.39, 0.29) is 35.2 Å². The van der Waals surface area contributed by atoms with E-state index in [0.717, 1.165) is 6.07 Å². The lowest BCUT2D eigenvalue weighted by molar-refractivity contribution is 0.102. The Bertz CT molecular complexity index is 1130.